The van der Waals surface area contributed by atoms with Crippen LogP contribution in [0.15, 0.2) is 0 Å². The highest BCUT2D eigenvalue weighted by Crippen LogP contribution is 2.14. The third kappa shape index (κ3) is 20.9. The molecule has 3 nitrogen and oxygen atoms in total. The quantitative estimate of drug-likeness (QED) is 0.161. The van der Waals surface area contributed by atoms with Crippen molar-refractivity contribution in [2.24, 2.45) is 0 Å². The van der Waals surface area contributed by atoms with E-state index < -0.39 is 0 Å². The summed E-state index contributed by atoms with van der Waals surface area (Å²) >= 11 is 0. The zero-order valence-corrected chi connectivity index (χ0v) is 20.9. The predicted octanol–water partition coefficient (Wildman–Crippen LogP) is 7.62. The van der Waals surface area contributed by atoms with Crippen LogP contribution in [0.25, 0.3) is 0 Å². The highest BCUT2D eigenvalue weighted by atomic mass is 16.5. The molecule has 176 valence electrons. The van der Waals surface area contributed by atoms with Crippen LogP contribution >= 0.6 is 0 Å². The monoisotopic (exact) mass is 413 g/mol. The summed E-state index contributed by atoms with van der Waals surface area (Å²) < 4.78 is 10.9. The summed E-state index contributed by atoms with van der Waals surface area (Å²) in [6, 6.07) is 0. The molecule has 0 aliphatic rings. The van der Waals surface area contributed by atoms with Crippen LogP contribution in [0.2, 0.25) is 0 Å². The van der Waals surface area contributed by atoms with Gasteiger partial charge in [0, 0.05) is 27.3 Å². The number of hydrogen-bond acceptors (Lipinski definition) is 3. The van der Waals surface area contributed by atoms with E-state index in [1.807, 2.05) is 0 Å². The Morgan fingerprint density at radius 2 is 0.828 bits per heavy atom. The zero-order chi connectivity index (χ0) is 21.6. The summed E-state index contributed by atoms with van der Waals surface area (Å²) in [7, 11) is 3.61. The highest BCUT2D eigenvalue weighted by molar-refractivity contribution is 4.66. The molecule has 2 atom stereocenters. The van der Waals surface area contributed by atoms with Gasteiger partial charge in [0.05, 0.1) is 12.2 Å². The van der Waals surface area contributed by atoms with Crippen molar-refractivity contribution in [3.05, 3.63) is 0 Å². The van der Waals surface area contributed by atoms with E-state index in [9.17, 15) is 0 Å². The SMILES string of the molecule is CCCCCCCCCCCCCCCCCCN(CC(C)OC)CC(C)OC. The van der Waals surface area contributed by atoms with E-state index in [1.54, 1.807) is 14.2 Å². The lowest BCUT2D eigenvalue weighted by molar-refractivity contribution is 0.0393. The van der Waals surface area contributed by atoms with Gasteiger partial charge in [0.2, 0.25) is 0 Å². The number of ether oxygens (including phenoxy) is 2. The van der Waals surface area contributed by atoms with Crippen molar-refractivity contribution in [3.63, 3.8) is 0 Å². The summed E-state index contributed by atoms with van der Waals surface area (Å²) in [5.74, 6) is 0. The fourth-order valence-corrected chi connectivity index (χ4v) is 4.02. The first-order valence-corrected chi connectivity index (χ1v) is 12.9. The van der Waals surface area contributed by atoms with Crippen molar-refractivity contribution in [1.82, 2.24) is 4.90 Å². The Morgan fingerprint density at radius 3 is 1.14 bits per heavy atom. The minimum Gasteiger partial charge on any atom is -0.380 e. The third-order valence-corrected chi connectivity index (χ3v) is 6.16. The second-order valence-electron chi connectivity index (χ2n) is 9.16. The molecular weight excluding hydrogens is 358 g/mol. The number of nitrogens with zero attached hydrogens (tertiary/aromatic N) is 1. The van der Waals surface area contributed by atoms with Gasteiger partial charge in [0.25, 0.3) is 0 Å². The maximum absolute atomic E-state index is 5.45. The molecule has 0 radical (unpaired) electrons. The first-order valence-electron chi connectivity index (χ1n) is 12.9. The Bertz CT molecular complexity index is 299. The summed E-state index contributed by atoms with van der Waals surface area (Å²) in [5.41, 5.74) is 0. The normalized spacial score (nSPS) is 13.9. The van der Waals surface area contributed by atoms with E-state index in [0.717, 1.165) is 13.1 Å². The lowest BCUT2D eigenvalue weighted by Crippen LogP contribution is -2.38. The van der Waals surface area contributed by atoms with Crippen LogP contribution < -0.4 is 0 Å². The average molecular weight is 414 g/mol. The molecule has 0 aliphatic carbocycles. The molecule has 0 rings (SSSR count). The standard InChI is InChI=1S/C26H55NO2/c1-6-7-8-9-10-11-12-13-14-15-16-17-18-19-20-21-22-27(23-25(2)28-4)24-26(3)29-5/h25-26H,6-24H2,1-5H3. The van der Waals surface area contributed by atoms with Crippen LogP contribution in [0, 0.1) is 0 Å². The van der Waals surface area contributed by atoms with Crippen molar-refractivity contribution < 1.29 is 9.47 Å². The molecule has 0 bridgehead atoms. The van der Waals surface area contributed by atoms with Gasteiger partial charge in [-0.25, -0.2) is 0 Å². The summed E-state index contributed by atoms with van der Waals surface area (Å²) in [4.78, 5) is 2.51. The molecule has 0 aromatic carbocycles. The van der Waals surface area contributed by atoms with E-state index in [2.05, 4.69) is 25.7 Å². The van der Waals surface area contributed by atoms with E-state index in [4.69, 9.17) is 9.47 Å². The zero-order valence-electron chi connectivity index (χ0n) is 20.9. The van der Waals surface area contributed by atoms with E-state index in [-0.39, 0.29) is 0 Å². The molecule has 0 N–H and O–H groups in total. The van der Waals surface area contributed by atoms with Crippen LogP contribution in [-0.4, -0.2) is 51.0 Å². The molecule has 0 aromatic rings. The molecule has 0 saturated heterocycles. The molecule has 0 saturated carbocycles. The number of rotatable bonds is 23. The minimum atomic E-state index is 0.292. The molecule has 0 aromatic heterocycles. The van der Waals surface area contributed by atoms with Gasteiger partial charge in [-0.15, -0.1) is 0 Å². The van der Waals surface area contributed by atoms with Gasteiger partial charge in [-0.05, 0) is 26.8 Å². The molecule has 0 amide bonds. The Labute approximate surface area is 184 Å². The minimum absolute atomic E-state index is 0.292. The maximum atomic E-state index is 5.45. The van der Waals surface area contributed by atoms with Crippen LogP contribution in [0.3, 0.4) is 0 Å². The van der Waals surface area contributed by atoms with Gasteiger partial charge in [-0.1, -0.05) is 103 Å². The van der Waals surface area contributed by atoms with Crippen LogP contribution in [0.1, 0.15) is 124 Å². The fourth-order valence-electron chi connectivity index (χ4n) is 4.02. The van der Waals surface area contributed by atoms with Gasteiger partial charge in [0.15, 0.2) is 0 Å². The molecule has 2 unspecified atom stereocenters. The fraction of sp³-hybridized carbons (Fsp3) is 1.00. The Kier molecular flexibility index (Phi) is 22.5. The first-order chi connectivity index (χ1) is 14.1. The lowest BCUT2D eigenvalue weighted by Gasteiger charge is -2.27. The van der Waals surface area contributed by atoms with E-state index in [1.165, 1.54) is 109 Å². The molecule has 0 fully saturated rings. The molecule has 29 heavy (non-hydrogen) atoms. The molecule has 0 aliphatic heterocycles. The molecule has 0 heterocycles. The van der Waals surface area contributed by atoms with Crippen LogP contribution in [-0.2, 0) is 9.47 Å². The second-order valence-corrected chi connectivity index (χ2v) is 9.16. The van der Waals surface area contributed by atoms with E-state index >= 15 is 0 Å². The van der Waals surface area contributed by atoms with Gasteiger partial charge >= 0.3 is 0 Å². The largest absolute Gasteiger partial charge is 0.380 e. The van der Waals surface area contributed by atoms with Crippen molar-refractivity contribution in [1.29, 1.82) is 0 Å². The van der Waals surface area contributed by atoms with Crippen molar-refractivity contribution in [2.75, 3.05) is 33.9 Å². The summed E-state index contributed by atoms with van der Waals surface area (Å²) in [6.45, 7) is 9.77. The van der Waals surface area contributed by atoms with Crippen LogP contribution in [0.5, 0.6) is 0 Å². The van der Waals surface area contributed by atoms with E-state index in [0.29, 0.717) is 12.2 Å². The van der Waals surface area contributed by atoms with Gasteiger partial charge in [0.1, 0.15) is 0 Å². The molecular formula is C26H55NO2. The van der Waals surface area contributed by atoms with Crippen molar-refractivity contribution >= 4 is 0 Å². The lowest BCUT2D eigenvalue weighted by atomic mass is 10.0. The first kappa shape index (κ1) is 28.9. The number of unbranched alkanes of at least 4 members (excludes halogenated alkanes) is 15. The van der Waals surface area contributed by atoms with Gasteiger partial charge in [-0.3, -0.25) is 4.90 Å². The van der Waals surface area contributed by atoms with Crippen LogP contribution in [0.4, 0.5) is 0 Å². The van der Waals surface area contributed by atoms with Gasteiger partial charge < -0.3 is 9.47 Å². The molecule has 3 heteroatoms. The summed E-state index contributed by atoms with van der Waals surface area (Å²) in [6.07, 6.45) is 23.4. The number of hydrogen-bond donors (Lipinski definition) is 0. The Morgan fingerprint density at radius 1 is 0.517 bits per heavy atom. The van der Waals surface area contributed by atoms with Crippen molar-refractivity contribution in [3.8, 4) is 0 Å². The second kappa shape index (κ2) is 22.6. The van der Waals surface area contributed by atoms with Crippen molar-refractivity contribution in [2.45, 2.75) is 136 Å². The highest BCUT2D eigenvalue weighted by Gasteiger charge is 2.12. The average Bonchev–Trinajstić information content (AvgIpc) is 2.72. The third-order valence-electron chi connectivity index (χ3n) is 6.16. The summed E-state index contributed by atoms with van der Waals surface area (Å²) in [5, 5.41) is 0. The topological polar surface area (TPSA) is 21.7 Å². The Hall–Kier alpha value is -0.120. The smallest absolute Gasteiger partial charge is 0.0670 e. The molecule has 0 spiro atoms. The van der Waals surface area contributed by atoms with Gasteiger partial charge in [-0.2, -0.15) is 0 Å². The number of methoxy groups -OCH3 is 2. The maximum Gasteiger partial charge on any atom is 0.0670 e. The predicted molar refractivity (Wildman–Crippen MR) is 129 cm³/mol. The Balaban J connectivity index is 3.45.